The van der Waals surface area contributed by atoms with Gasteiger partial charge < -0.3 is 0 Å². The van der Waals surface area contributed by atoms with E-state index in [9.17, 15) is 13.2 Å². The third-order valence-electron chi connectivity index (χ3n) is 4.34. The summed E-state index contributed by atoms with van der Waals surface area (Å²) < 4.78 is 28.4. The normalized spacial score (nSPS) is 11.5. The van der Waals surface area contributed by atoms with Crippen molar-refractivity contribution in [3.8, 4) is 0 Å². The maximum absolute atomic E-state index is 13.3. The van der Waals surface area contributed by atoms with E-state index < -0.39 is 22.5 Å². The summed E-state index contributed by atoms with van der Waals surface area (Å²) in [5.74, 6) is -0.614. The quantitative estimate of drug-likeness (QED) is 0.313. The zero-order valence-electron chi connectivity index (χ0n) is 16.8. The van der Waals surface area contributed by atoms with Crippen LogP contribution in [0.2, 0.25) is 10.0 Å². The number of benzene rings is 3. The lowest BCUT2D eigenvalue weighted by molar-refractivity contribution is -0.119. The van der Waals surface area contributed by atoms with Crippen LogP contribution >= 0.6 is 39.1 Å². The van der Waals surface area contributed by atoms with Crippen molar-refractivity contribution in [1.82, 2.24) is 5.43 Å². The van der Waals surface area contributed by atoms with Gasteiger partial charge in [0, 0.05) is 4.47 Å². The van der Waals surface area contributed by atoms with E-state index >= 15 is 0 Å². The predicted octanol–water partition coefficient (Wildman–Crippen LogP) is 5.41. The van der Waals surface area contributed by atoms with E-state index in [0.717, 1.165) is 9.87 Å². The molecule has 1 amide bonds. The summed E-state index contributed by atoms with van der Waals surface area (Å²) in [6.07, 6.45) is 1.39. The molecule has 0 aliphatic rings. The second-order valence-corrected chi connectivity index (χ2v) is 10.4. The molecule has 0 unspecified atom stereocenters. The minimum absolute atomic E-state index is 0.0789. The van der Waals surface area contributed by atoms with Gasteiger partial charge in [0.15, 0.2) is 0 Å². The summed E-state index contributed by atoms with van der Waals surface area (Å²) in [5, 5.41) is 4.64. The van der Waals surface area contributed by atoms with Crippen molar-refractivity contribution in [3.63, 3.8) is 0 Å². The van der Waals surface area contributed by atoms with Crippen LogP contribution in [0, 0.1) is 6.92 Å². The second-order valence-electron chi connectivity index (χ2n) is 6.77. The highest BCUT2D eigenvalue weighted by molar-refractivity contribution is 9.10. The number of anilines is 1. The molecule has 0 radical (unpaired) electrons. The zero-order chi connectivity index (χ0) is 23.3. The number of nitrogens with one attached hydrogen (secondary N) is 1. The van der Waals surface area contributed by atoms with Crippen LogP contribution in [0.15, 0.2) is 81.2 Å². The van der Waals surface area contributed by atoms with Gasteiger partial charge in [0.05, 0.1) is 26.8 Å². The van der Waals surface area contributed by atoms with Crippen molar-refractivity contribution < 1.29 is 13.2 Å². The number of carbonyl (C=O) groups excluding carboxylic acids is 1. The Morgan fingerprint density at radius 3 is 2.44 bits per heavy atom. The number of aryl methyl sites for hydroxylation is 1. The Balaban J connectivity index is 1.84. The van der Waals surface area contributed by atoms with E-state index in [1.807, 2.05) is 6.92 Å². The molecule has 32 heavy (non-hydrogen) atoms. The lowest BCUT2D eigenvalue weighted by Gasteiger charge is -2.24. The average molecular weight is 555 g/mol. The van der Waals surface area contributed by atoms with E-state index in [1.54, 1.807) is 54.6 Å². The Kier molecular flexibility index (Phi) is 7.95. The number of hydrogen-bond acceptors (Lipinski definition) is 4. The molecule has 0 aliphatic heterocycles. The van der Waals surface area contributed by atoms with Crippen LogP contribution in [0.1, 0.15) is 11.1 Å². The first-order valence-electron chi connectivity index (χ1n) is 9.29. The number of sulfonamides is 1. The predicted molar refractivity (Wildman–Crippen MR) is 132 cm³/mol. The standard InChI is InChI=1S/C22H18BrCl2N3O3S/c1-15-5-8-19(9-6-15)32(30,31)28(18-4-2-3-17(23)12-18)14-22(29)27-26-13-16-7-10-20(24)21(25)11-16/h2-13H,14H2,1H3,(H,27,29)/b26-13-. The Hall–Kier alpha value is -2.39. The number of hydrazone groups is 1. The molecule has 0 spiro atoms. The molecule has 0 fully saturated rings. The molecule has 0 atom stereocenters. The summed E-state index contributed by atoms with van der Waals surface area (Å²) in [6.45, 7) is 1.40. The van der Waals surface area contributed by atoms with Crippen molar-refractivity contribution >= 4 is 67.0 Å². The number of nitrogens with zero attached hydrogens (tertiary/aromatic N) is 2. The molecule has 3 aromatic carbocycles. The molecule has 10 heteroatoms. The third-order valence-corrected chi connectivity index (χ3v) is 7.36. The SMILES string of the molecule is Cc1ccc(S(=O)(=O)N(CC(=O)N/N=C\c2ccc(Cl)c(Cl)c2)c2cccc(Br)c2)cc1. The summed E-state index contributed by atoms with van der Waals surface area (Å²) in [4.78, 5) is 12.6. The van der Waals surface area contributed by atoms with Crippen molar-refractivity contribution in [3.05, 3.63) is 92.4 Å². The Labute approximate surface area is 205 Å². The van der Waals surface area contributed by atoms with Crippen LogP contribution < -0.4 is 9.73 Å². The Bertz CT molecular complexity index is 1270. The fourth-order valence-corrected chi connectivity index (χ4v) is 4.83. The van der Waals surface area contributed by atoms with Gasteiger partial charge in [0.1, 0.15) is 6.54 Å². The van der Waals surface area contributed by atoms with Crippen molar-refractivity contribution in [1.29, 1.82) is 0 Å². The summed E-state index contributed by atoms with van der Waals surface area (Å²) >= 11 is 15.2. The third kappa shape index (κ3) is 6.10. The molecule has 1 N–H and O–H groups in total. The summed E-state index contributed by atoms with van der Waals surface area (Å²) in [5.41, 5.74) is 4.23. The molecule has 0 bridgehead atoms. The lowest BCUT2D eigenvalue weighted by atomic mass is 10.2. The summed E-state index contributed by atoms with van der Waals surface area (Å²) in [6, 6.07) is 18.0. The van der Waals surface area contributed by atoms with Crippen LogP contribution in [0.3, 0.4) is 0 Å². The smallest absolute Gasteiger partial charge is 0.264 e. The molecule has 0 aliphatic carbocycles. The van der Waals surface area contributed by atoms with E-state index in [4.69, 9.17) is 23.2 Å². The first-order valence-corrected chi connectivity index (χ1v) is 12.3. The van der Waals surface area contributed by atoms with E-state index in [0.29, 0.717) is 25.8 Å². The number of halogens is 3. The minimum Gasteiger partial charge on any atom is -0.271 e. The molecule has 3 aromatic rings. The first kappa shape index (κ1) is 24.3. The maximum Gasteiger partial charge on any atom is 0.264 e. The topological polar surface area (TPSA) is 78.8 Å². The van der Waals surface area contributed by atoms with E-state index in [2.05, 4.69) is 26.5 Å². The van der Waals surface area contributed by atoms with Gasteiger partial charge in [-0.25, -0.2) is 13.8 Å². The van der Waals surface area contributed by atoms with Crippen LogP contribution in [-0.2, 0) is 14.8 Å². The molecule has 0 saturated heterocycles. The van der Waals surface area contributed by atoms with Gasteiger partial charge >= 0.3 is 0 Å². The molecular weight excluding hydrogens is 537 g/mol. The number of rotatable bonds is 7. The number of hydrogen-bond donors (Lipinski definition) is 1. The average Bonchev–Trinajstić information content (AvgIpc) is 2.75. The van der Waals surface area contributed by atoms with Crippen molar-refractivity contribution in [2.24, 2.45) is 5.10 Å². The van der Waals surface area contributed by atoms with Gasteiger partial charge in [-0.05, 0) is 55.0 Å². The van der Waals surface area contributed by atoms with Gasteiger partial charge in [0.2, 0.25) is 0 Å². The molecule has 0 heterocycles. The number of amides is 1. The van der Waals surface area contributed by atoms with Crippen LogP contribution in [0.25, 0.3) is 0 Å². The first-order chi connectivity index (χ1) is 15.2. The molecule has 0 saturated carbocycles. The van der Waals surface area contributed by atoms with Gasteiger partial charge in [-0.2, -0.15) is 5.10 Å². The van der Waals surface area contributed by atoms with Crippen molar-refractivity contribution in [2.75, 3.05) is 10.8 Å². The highest BCUT2D eigenvalue weighted by Crippen LogP contribution is 2.26. The highest BCUT2D eigenvalue weighted by Gasteiger charge is 2.27. The zero-order valence-corrected chi connectivity index (χ0v) is 20.7. The highest BCUT2D eigenvalue weighted by atomic mass is 79.9. The fraction of sp³-hybridized carbons (Fsp3) is 0.0909. The van der Waals surface area contributed by atoms with E-state index in [1.165, 1.54) is 18.3 Å². The van der Waals surface area contributed by atoms with Gasteiger partial charge in [-0.1, -0.05) is 69.0 Å². The maximum atomic E-state index is 13.3. The fourth-order valence-electron chi connectivity index (χ4n) is 2.72. The molecule has 3 rings (SSSR count). The second kappa shape index (κ2) is 10.5. The van der Waals surface area contributed by atoms with Gasteiger partial charge in [0.25, 0.3) is 15.9 Å². The van der Waals surface area contributed by atoms with Crippen LogP contribution in [0.5, 0.6) is 0 Å². The molecule has 166 valence electrons. The van der Waals surface area contributed by atoms with Gasteiger partial charge in [-0.15, -0.1) is 0 Å². The molecule has 6 nitrogen and oxygen atoms in total. The van der Waals surface area contributed by atoms with Crippen LogP contribution in [0.4, 0.5) is 5.69 Å². The Morgan fingerprint density at radius 2 is 1.78 bits per heavy atom. The Morgan fingerprint density at radius 1 is 1.06 bits per heavy atom. The largest absolute Gasteiger partial charge is 0.271 e. The molecular formula is C22H18BrCl2N3O3S. The van der Waals surface area contributed by atoms with E-state index in [-0.39, 0.29) is 4.90 Å². The monoisotopic (exact) mass is 553 g/mol. The minimum atomic E-state index is -4.00. The van der Waals surface area contributed by atoms with Gasteiger partial charge in [-0.3, -0.25) is 9.10 Å². The number of carbonyl (C=O) groups is 1. The van der Waals surface area contributed by atoms with Crippen LogP contribution in [-0.4, -0.2) is 27.1 Å². The van der Waals surface area contributed by atoms with Crippen molar-refractivity contribution in [2.45, 2.75) is 11.8 Å². The molecule has 0 aromatic heterocycles. The lowest BCUT2D eigenvalue weighted by Crippen LogP contribution is -2.39. The summed E-state index contributed by atoms with van der Waals surface area (Å²) in [7, 11) is -4.00.